The van der Waals surface area contributed by atoms with Crippen LogP contribution in [0.3, 0.4) is 0 Å². The Balaban J connectivity index is 2.32. The molecule has 0 radical (unpaired) electrons. The van der Waals surface area contributed by atoms with Crippen molar-refractivity contribution in [1.82, 2.24) is 4.72 Å². The molecule has 126 valence electrons. The number of hydrogen-bond donors (Lipinski definition) is 1. The smallest absolute Gasteiger partial charge is 0.285 e. The highest BCUT2D eigenvalue weighted by molar-refractivity contribution is 9.18. The summed E-state index contributed by atoms with van der Waals surface area (Å²) in [5.74, 6) is 0. The fourth-order valence-corrected chi connectivity index (χ4v) is 3.90. The highest BCUT2D eigenvalue weighted by Crippen LogP contribution is 2.23. The lowest BCUT2D eigenvalue weighted by atomic mass is 10.1. The van der Waals surface area contributed by atoms with E-state index in [0.717, 1.165) is 17.7 Å². The van der Waals surface area contributed by atoms with E-state index in [4.69, 9.17) is 0 Å². The Hall–Kier alpha value is -2.10. The molecule has 7 nitrogen and oxygen atoms in total. The Labute approximate surface area is 147 Å². The molecule has 0 aliphatic carbocycles. The number of sulfonamides is 1. The van der Waals surface area contributed by atoms with Gasteiger partial charge in [0, 0.05) is 6.07 Å². The normalized spacial score (nSPS) is 12.5. The summed E-state index contributed by atoms with van der Waals surface area (Å²) >= 11 is 2.77. The minimum Gasteiger partial charge on any atom is -0.285 e. The minimum atomic E-state index is -4.24. The monoisotopic (exact) mass is 412 g/mol. The van der Waals surface area contributed by atoms with Crippen molar-refractivity contribution < 1.29 is 18.1 Å². The average molecular weight is 413 g/mol. The Morgan fingerprint density at radius 3 is 2.29 bits per heavy atom. The molecule has 0 aliphatic heterocycles. The number of rotatable bonds is 7. The summed E-state index contributed by atoms with van der Waals surface area (Å²) < 4.78 is 26.6. The molecule has 0 unspecified atom stereocenters. The van der Waals surface area contributed by atoms with Crippen LogP contribution in [-0.2, 0) is 21.2 Å². The number of carbonyl (C=O) groups excluding carboxylic acids is 1. The van der Waals surface area contributed by atoms with Gasteiger partial charge < -0.3 is 0 Å². The van der Waals surface area contributed by atoms with E-state index in [1.54, 1.807) is 30.3 Å². The van der Waals surface area contributed by atoms with E-state index in [0.29, 0.717) is 0 Å². The maximum absolute atomic E-state index is 12.5. The SMILES string of the molecule is O=C(Br)[C@H](Cc1ccccc1)NS(=O)(=O)c1ccccc1[N+](=O)[O-]. The summed E-state index contributed by atoms with van der Waals surface area (Å²) in [6.45, 7) is 0. The number of nitro benzene ring substituents is 1. The second-order valence-electron chi connectivity index (χ2n) is 4.89. The second kappa shape index (κ2) is 7.65. The number of halogens is 1. The number of benzene rings is 2. The predicted molar refractivity (Wildman–Crippen MR) is 91.3 cm³/mol. The van der Waals surface area contributed by atoms with Crippen LogP contribution >= 0.6 is 15.9 Å². The molecule has 0 aliphatic rings. The van der Waals surface area contributed by atoms with Crippen molar-refractivity contribution >= 4 is 36.3 Å². The first-order valence-electron chi connectivity index (χ1n) is 6.80. The van der Waals surface area contributed by atoms with E-state index in [-0.39, 0.29) is 6.42 Å². The fraction of sp³-hybridized carbons (Fsp3) is 0.133. The first-order valence-corrected chi connectivity index (χ1v) is 9.08. The molecule has 2 aromatic rings. The van der Waals surface area contributed by atoms with Gasteiger partial charge in [-0.25, -0.2) is 8.42 Å². The molecular formula is C15H13BrN2O5S. The van der Waals surface area contributed by atoms with Crippen LogP contribution in [0, 0.1) is 10.1 Å². The Morgan fingerprint density at radius 1 is 1.12 bits per heavy atom. The van der Waals surface area contributed by atoms with Crippen molar-refractivity contribution in [2.24, 2.45) is 0 Å². The van der Waals surface area contributed by atoms with Crippen LogP contribution in [-0.4, -0.2) is 24.1 Å². The molecule has 0 amide bonds. The van der Waals surface area contributed by atoms with Crippen LogP contribution in [0.2, 0.25) is 0 Å². The second-order valence-corrected chi connectivity index (χ2v) is 7.36. The molecule has 1 N–H and O–H groups in total. The number of hydrogen-bond acceptors (Lipinski definition) is 5. The lowest BCUT2D eigenvalue weighted by molar-refractivity contribution is -0.387. The van der Waals surface area contributed by atoms with E-state index in [1.807, 2.05) is 0 Å². The standard InChI is InChI=1S/C15H13BrN2O5S/c16-15(19)12(10-11-6-2-1-3-7-11)17-24(22,23)14-9-5-4-8-13(14)18(20)21/h1-9,12,17H,10H2/t12-/m0/s1. The molecule has 24 heavy (non-hydrogen) atoms. The third-order valence-electron chi connectivity index (χ3n) is 3.21. The molecule has 9 heteroatoms. The van der Waals surface area contributed by atoms with E-state index in [1.165, 1.54) is 12.1 Å². The van der Waals surface area contributed by atoms with Crippen molar-refractivity contribution in [1.29, 1.82) is 0 Å². The molecule has 0 aromatic heterocycles. The van der Waals surface area contributed by atoms with Crippen molar-refractivity contribution in [3.8, 4) is 0 Å². The van der Waals surface area contributed by atoms with E-state index in [9.17, 15) is 23.3 Å². The molecule has 0 heterocycles. The summed E-state index contributed by atoms with van der Waals surface area (Å²) in [4.78, 5) is 21.5. The van der Waals surface area contributed by atoms with Gasteiger partial charge in [0.1, 0.15) is 0 Å². The molecule has 0 bridgehead atoms. The highest BCUT2D eigenvalue weighted by atomic mass is 79.9. The maximum atomic E-state index is 12.5. The van der Waals surface area contributed by atoms with Crippen molar-refractivity contribution in [2.45, 2.75) is 17.4 Å². The number of nitro groups is 1. The first kappa shape index (κ1) is 18.2. The van der Waals surface area contributed by atoms with E-state index >= 15 is 0 Å². The zero-order chi connectivity index (χ0) is 17.7. The van der Waals surface area contributed by atoms with Gasteiger partial charge in [0.05, 0.1) is 11.0 Å². The van der Waals surface area contributed by atoms with Gasteiger partial charge in [0.15, 0.2) is 4.90 Å². The zero-order valence-electron chi connectivity index (χ0n) is 12.3. The summed E-state index contributed by atoms with van der Waals surface area (Å²) in [5.41, 5.74) is 0.200. The summed E-state index contributed by atoms with van der Waals surface area (Å²) in [7, 11) is -4.24. The van der Waals surface area contributed by atoms with Crippen LogP contribution in [0.5, 0.6) is 0 Å². The third kappa shape index (κ3) is 4.47. The van der Waals surface area contributed by atoms with Gasteiger partial charge in [-0.3, -0.25) is 14.9 Å². The average Bonchev–Trinajstić information content (AvgIpc) is 2.55. The van der Waals surface area contributed by atoms with Crippen LogP contribution in [0.1, 0.15) is 5.56 Å². The topological polar surface area (TPSA) is 106 Å². The molecular weight excluding hydrogens is 400 g/mol. The van der Waals surface area contributed by atoms with Crippen LogP contribution < -0.4 is 4.72 Å². The Kier molecular flexibility index (Phi) is 5.81. The highest BCUT2D eigenvalue weighted by Gasteiger charge is 2.29. The van der Waals surface area contributed by atoms with Crippen molar-refractivity contribution in [3.63, 3.8) is 0 Å². The summed E-state index contributed by atoms with van der Waals surface area (Å²) in [6.07, 6.45) is 0.116. The molecule has 0 spiro atoms. The van der Waals surface area contributed by atoms with Gasteiger partial charge >= 0.3 is 0 Å². The number of nitrogens with zero attached hydrogens (tertiary/aromatic N) is 1. The van der Waals surface area contributed by atoms with E-state index in [2.05, 4.69) is 20.7 Å². The number of carbonyl (C=O) groups is 1. The van der Waals surface area contributed by atoms with Crippen molar-refractivity contribution in [3.05, 3.63) is 70.3 Å². The van der Waals surface area contributed by atoms with Gasteiger partial charge in [-0.05, 0) is 34.0 Å². The van der Waals surface area contributed by atoms with Gasteiger partial charge in [-0.1, -0.05) is 42.5 Å². The zero-order valence-corrected chi connectivity index (χ0v) is 14.7. The lowest BCUT2D eigenvalue weighted by Gasteiger charge is -2.15. The maximum Gasteiger partial charge on any atom is 0.289 e. The molecule has 2 rings (SSSR count). The molecule has 1 atom stereocenters. The molecule has 0 fully saturated rings. The third-order valence-corrected chi connectivity index (χ3v) is 5.28. The van der Waals surface area contributed by atoms with Gasteiger partial charge in [0.2, 0.25) is 14.7 Å². The van der Waals surface area contributed by atoms with Crippen LogP contribution in [0.15, 0.2) is 59.5 Å². The Morgan fingerprint density at radius 2 is 1.71 bits per heavy atom. The fourth-order valence-electron chi connectivity index (χ4n) is 2.10. The number of para-hydroxylation sites is 1. The quantitative estimate of drug-likeness (QED) is 0.426. The molecule has 0 saturated carbocycles. The largest absolute Gasteiger partial charge is 0.289 e. The minimum absolute atomic E-state index is 0.116. The number of nitrogens with one attached hydrogen (secondary N) is 1. The van der Waals surface area contributed by atoms with Gasteiger partial charge in [-0.2, -0.15) is 4.72 Å². The Bertz CT molecular complexity index is 855. The lowest BCUT2D eigenvalue weighted by Crippen LogP contribution is -2.40. The van der Waals surface area contributed by atoms with Crippen LogP contribution in [0.25, 0.3) is 0 Å². The first-order chi connectivity index (χ1) is 11.3. The van der Waals surface area contributed by atoms with Gasteiger partial charge in [-0.15, -0.1) is 0 Å². The summed E-state index contributed by atoms with van der Waals surface area (Å²) in [5, 5.41) is 11.0. The van der Waals surface area contributed by atoms with E-state index < -0.39 is 36.3 Å². The summed E-state index contributed by atoms with van der Waals surface area (Å²) in [6, 6.07) is 12.7. The predicted octanol–water partition coefficient (Wildman–Crippen LogP) is 2.41. The molecule has 2 aromatic carbocycles. The van der Waals surface area contributed by atoms with Gasteiger partial charge in [0.25, 0.3) is 5.69 Å². The van der Waals surface area contributed by atoms with Crippen LogP contribution in [0.4, 0.5) is 5.69 Å². The molecule has 0 saturated heterocycles. The van der Waals surface area contributed by atoms with Crippen molar-refractivity contribution in [2.75, 3.05) is 0 Å².